The molecule has 0 heterocycles. The van der Waals surface area contributed by atoms with Crippen LogP contribution in [0.5, 0.6) is 5.75 Å². The topological polar surface area (TPSA) is 35.2 Å². The Morgan fingerprint density at radius 2 is 2.14 bits per heavy atom. The van der Waals surface area contributed by atoms with E-state index in [1.165, 1.54) is 56.1 Å². The fourth-order valence-electron chi connectivity index (χ4n) is 4.59. The summed E-state index contributed by atoms with van der Waals surface area (Å²) in [5.41, 5.74) is 9.72. The van der Waals surface area contributed by atoms with Crippen molar-refractivity contribution >= 4 is 0 Å². The summed E-state index contributed by atoms with van der Waals surface area (Å²) in [6.45, 7) is 2.33. The maximum absolute atomic E-state index is 7.03. The summed E-state index contributed by atoms with van der Waals surface area (Å²) >= 11 is 0. The molecule has 116 valence electrons. The van der Waals surface area contributed by atoms with Gasteiger partial charge in [0.25, 0.3) is 0 Å². The van der Waals surface area contributed by atoms with E-state index in [1.807, 2.05) is 0 Å². The lowest BCUT2D eigenvalue weighted by atomic mass is 9.63. The van der Waals surface area contributed by atoms with Crippen LogP contribution in [0.1, 0.15) is 63.0 Å². The first kappa shape index (κ1) is 14.9. The predicted molar refractivity (Wildman–Crippen MR) is 87.5 cm³/mol. The Morgan fingerprint density at radius 1 is 1.29 bits per heavy atom. The second-order valence-electron chi connectivity index (χ2n) is 7.05. The first-order chi connectivity index (χ1) is 10.2. The molecular weight excluding hydrogens is 258 g/mol. The lowest BCUT2D eigenvalue weighted by molar-refractivity contribution is 0.144. The molecule has 21 heavy (non-hydrogen) atoms. The van der Waals surface area contributed by atoms with Gasteiger partial charge in [0.15, 0.2) is 0 Å². The zero-order valence-corrected chi connectivity index (χ0v) is 13.5. The third-order valence-corrected chi connectivity index (χ3v) is 5.94. The number of fused-ring (bicyclic) bond motifs is 1. The summed E-state index contributed by atoms with van der Waals surface area (Å²) in [5, 5.41) is 0. The third kappa shape index (κ3) is 2.70. The maximum Gasteiger partial charge on any atom is 0.119 e. The van der Waals surface area contributed by atoms with Crippen molar-refractivity contribution in [1.29, 1.82) is 0 Å². The van der Waals surface area contributed by atoms with Crippen LogP contribution in [0.25, 0.3) is 0 Å². The molecule has 0 bridgehead atoms. The van der Waals surface area contributed by atoms with Crippen molar-refractivity contribution in [2.45, 2.75) is 63.8 Å². The van der Waals surface area contributed by atoms with Crippen molar-refractivity contribution in [3.05, 3.63) is 29.3 Å². The first-order valence-corrected chi connectivity index (χ1v) is 8.63. The summed E-state index contributed by atoms with van der Waals surface area (Å²) in [5.74, 6) is 2.47. The average molecular weight is 287 g/mol. The van der Waals surface area contributed by atoms with Gasteiger partial charge >= 0.3 is 0 Å². The lowest BCUT2D eigenvalue weighted by Crippen LogP contribution is -2.48. The van der Waals surface area contributed by atoms with E-state index in [0.717, 1.165) is 18.1 Å². The second kappa shape index (κ2) is 6.00. The summed E-state index contributed by atoms with van der Waals surface area (Å²) in [4.78, 5) is 0. The Kier molecular flexibility index (Phi) is 4.26. The van der Waals surface area contributed by atoms with Gasteiger partial charge in [-0.25, -0.2) is 0 Å². The number of nitrogens with two attached hydrogens (primary N) is 1. The highest BCUT2D eigenvalue weighted by Gasteiger charge is 2.41. The molecule has 2 aliphatic rings. The van der Waals surface area contributed by atoms with Gasteiger partial charge in [0.1, 0.15) is 5.75 Å². The van der Waals surface area contributed by atoms with Gasteiger partial charge < -0.3 is 10.5 Å². The van der Waals surface area contributed by atoms with E-state index >= 15 is 0 Å². The molecule has 1 fully saturated rings. The van der Waals surface area contributed by atoms with E-state index in [2.05, 4.69) is 25.1 Å². The molecule has 0 radical (unpaired) electrons. The fraction of sp³-hybridized carbons (Fsp3) is 0.684. The maximum atomic E-state index is 7.03. The molecule has 0 saturated heterocycles. The monoisotopic (exact) mass is 287 g/mol. The zero-order chi connectivity index (χ0) is 14.9. The zero-order valence-electron chi connectivity index (χ0n) is 13.5. The van der Waals surface area contributed by atoms with Crippen LogP contribution in [0, 0.1) is 11.8 Å². The van der Waals surface area contributed by atoms with Crippen molar-refractivity contribution in [3.8, 4) is 5.75 Å². The Morgan fingerprint density at radius 3 is 2.90 bits per heavy atom. The minimum atomic E-state index is -0.129. The van der Waals surface area contributed by atoms with Crippen molar-refractivity contribution in [3.63, 3.8) is 0 Å². The molecule has 2 aliphatic carbocycles. The van der Waals surface area contributed by atoms with E-state index in [0.29, 0.717) is 5.92 Å². The van der Waals surface area contributed by atoms with E-state index in [4.69, 9.17) is 10.5 Å². The van der Waals surface area contributed by atoms with Crippen LogP contribution in [-0.2, 0) is 12.0 Å². The van der Waals surface area contributed by atoms with Gasteiger partial charge in [-0.1, -0.05) is 32.3 Å². The van der Waals surface area contributed by atoms with Gasteiger partial charge in [-0.15, -0.1) is 0 Å². The molecule has 0 spiro atoms. The second-order valence-corrected chi connectivity index (χ2v) is 7.05. The van der Waals surface area contributed by atoms with E-state index in [9.17, 15) is 0 Å². The third-order valence-electron chi connectivity index (χ3n) is 5.94. The molecule has 3 rings (SSSR count). The number of benzene rings is 1. The Hall–Kier alpha value is -1.02. The van der Waals surface area contributed by atoms with Crippen molar-refractivity contribution in [2.75, 3.05) is 7.11 Å². The number of aryl methyl sites for hydroxylation is 1. The van der Waals surface area contributed by atoms with Crippen molar-refractivity contribution in [2.24, 2.45) is 17.6 Å². The minimum Gasteiger partial charge on any atom is -0.497 e. The average Bonchev–Trinajstić information content (AvgIpc) is 2.55. The van der Waals surface area contributed by atoms with Gasteiger partial charge in [0, 0.05) is 5.54 Å². The standard InChI is InChI=1S/C19H29NO/c1-3-14-6-4-8-16(12-14)19(20)11-5-7-15-9-10-17(21-2)13-18(15)19/h9-10,13-14,16H,3-8,11-12,20H2,1-2H3. The number of ether oxygens (including phenoxy) is 1. The smallest absolute Gasteiger partial charge is 0.119 e. The highest BCUT2D eigenvalue weighted by molar-refractivity contribution is 5.42. The fourth-order valence-corrected chi connectivity index (χ4v) is 4.59. The highest BCUT2D eigenvalue weighted by Crippen LogP contribution is 2.47. The SMILES string of the molecule is CCC1CCCC(C2(N)CCCc3ccc(OC)cc32)C1. The predicted octanol–water partition coefficient (Wildman–Crippen LogP) is 4.40. The van der Waals surface area contributed by atoms with Crippen LogP contribution in [0.15, 0.2) is 18.2 Å². The normalized spacial score (nSPS) is 32.5. The molecule has 0 amide bonds. The van der Waals surface area contributed by atoms with E-state index in [-0.39, 0.29) is 5.54 Å². The molecule has 3 atom stereocenters. The molecule has 0 aliphatic heterocycles. The molecule has 3 unspecified atom stereocenters. The molecule has 2 nitrogen and oxygen atoms in total. The number of hydrogen-bond acceptors (Lipinski definition) is 2. The Balaban J connectivity index is 1.94. The van der Waals surface area contributed by atoms with E-state index < -0.39 is 0 Å². The van der Waals surface area contributed by atoms with Gasteiger partial charge in [-0.3, -0.25) is 0 Å². The van der Waals surface area contributed by atoms with Crippen LogP contribution in [-0.4, -0.2) is 7.11 Å². The van der Waals surface area contributed by atoms with Crippen LogP contribution in [0.4, 0.5) is 0 Å². The summed E-state index contributed by atoms with van der Waals surface area (Å²) in [6, 6.07) is 6.53. The first-order valence-electron chi connectivity index (χ1n) is 8.63. The van der Waals surface area contributed by atoms with E-state index in [1.54, 1.807) is 7.11 Å². The molecule has 1 aromatic rings. The molecule has 1 aromatic carbocycles. The highest BCUT2D eigenvalue weighted by atomic mass is 16.5. The molecule has 0 aromatic heterocycles. The summed E-state index contributed by atoms with van der Waals surface area (Å²) < 4.78 is 5.45. The lowest BCUT2D eigenvalue weighted by Gasteiger charge is -2.45. The largest absolute Gasteiger partial charge is 0.497 e. The van der Waals surface area contributed by atoms with Crippen molar-refractivity contribution in [1.82, 2.24) is 0 Å². The van der Waals surface area contributed by atoms with Gasteiger partial charge in [-0.2, -0.15) is 0 Å². The molecule has 1 saturated carbocycles. The Labute approximate surface area is 129 Å². The van der Waals surface area contributed by atoms with Gasteiger partial charge in [0.2, 0.25) is 0 Å². The van der Waals surface area contributed by atoms with Crippen LogP contribution < -0.4 is 10.5 Å². The number of methoxy groups -OCH3 is 1. The molecular formula is C19H29NO. The van der Waals surface area contributed by atoms with Crippen LogP contribution >= 0.6 is 0 Å². The quantitative estimate of drug-likeness (QED) is 0.894. The Bertz CT molecular complexity index is 498. The van der Waals surface area contributed by atoms with Crippen LogP contribution in [0.3, 0.4) is 0 Å². The minimum absolute atomic E-state index is 0.129. The van der Waals surface area contributed by atoms with Crippen LogP contribution in [0.2, 0.25) is 0 Å². The summed E-state index contributed by atoms with van der Waals surface area (Å²) in [6.07, 6.45) is 10.2. The number of rotatable bonds is 3. The van der Waals surface area contributed by atoms with Gasteiger partial charge in [-0.05, 0) is 67.2 Å². The number of hydrogen-bond donors (Lipinski definition) is 1. The molecule has 2 heteroatoms. The molecule has 2 N–H and O–H groups in total. The van der Waals surface area contributed by atoms with Gasteiger partial charge in [0.05, 0.1) is 7.11 Å². The summed E-state index contributed by atoms with van der Waals surface area (Å²) in [7, 11) is 1.75. The van der Waals surface area contributed by atoms with Crippen molar-refractivity contribution < 1.29 is 4.74 Å².